The molecule has 17 heavy (non-hydrogen) atoms. The van der Waals surface area contributed by atoms with Gasteiger partial charge in [-0.25, -0.2) is 4.98 Å². The fourth-order valence-corrected chi connectivity index (χ4v) is 1.29. The van der Waals surface area contributed by atoms with Crippen LogP contribution in [0.4, 0.5) is 5.69 Å². The van der Waals surface area contributed by atoms with Crippen molar-refractivity contribution >= 4 is 11.6 Å². The highest BCUT2D eigenvalue weighted by Crippen LogP contribution is 2.13. The van der Waals surface area contributed by atoms with Crippen molar-refractivity contribution in [1.82, 2.24) is 10.1 Å². The van der Waals surface area contributed by atoms with Gasteiger partial charge in [-0.05, 0) is 13.0 Å². The molecular weight excluding hydrogens is 222 g/mol. The molecule has 0 saturated heterocycles. The summed E-state index contributed by atoms with van der Waals surface area (Å²) in [5.74, 6) is 0.684. The molecule has 0 atom stereocenters. The monoisotopic (exact) mass is 233 g/mol. The highest BCUT2D eigenvalue weighted by molar-refractivity contribution is 6.04. The molecule has 2 rings (SSSR count). The Balaban J connectivity index is 2.10. The maximum atomic E-state index is 11.8. The van der Waals surface area contributed by atoms with Gasteiger partial charge in [0.15, 0.2) is 0 Å². The molecule has 1 N–H and O–H groups in total. The maximum absolute atomic E-state index is 11.8. The highest BCUT2D eigenvalue weighted by Gasteiger charge is 2.12. The van der Waals surface area contributed by atoms with Crippen molar-refractivity contribution in [1.29, 1.82) is 0 Å². The van der Waals surface area contributed by atoms with Crippen LogP contribution in [0.25, 0.3) is 0 Å². The summed E-state index contributed by atoms with van der Waals surface area (Å²) in [6, 6.07) is 3.36. The predicted molar refractivity (Wildman–Crippen MR) is 60.0 cm³/mol. The Morgan fingerprint density at radius 3 is 2.76 bits per heavy atom. The van der Waals surface area contributed by atoms with Gasteiger partial charge in [0.2, 0.25) is 5.88 Å². The summed E-state index contributed by atoms with van der Waals surface area (Å²) < 4.78 is 9.73. The Kier molecular flexibility index (Phi) is 3.04. The molecule has 0 spiro atoms. The third-order valence-electron chi connectivity index (χ3n) is 2.20. The smallest absolute Gasteiger partial charge is 0.260 e. The van der Waals surface area contributed by atoms with E-state index in [1.54, 1.807) is 19.1 Å². The molecule has 2 aromatic rings. The highest BCUT2D eigenvalue weighted by atomic mass is 16.5. The lowest BCUT2D eigenvalue weighted by molar-refractivity contribution is 0.102. The number of amides is 1. The Morgan fingerprint density at radius 2 is 2.24 bits per heavy atom. The number of nitrogens with one attached hydrogen (secondary N) is 1. The third-order valence-corrected chi connectivity index (χ3v) is 2.20. The summed E-state index contributed by atoms with van der Waals surface area (Å²) in [6.07, 6.45) is 2.89. The fourth-order valence-electron chi connectivity index (χ4n) is 1.29. The van der Waals surface area contributed by atoms with Gasteiger partial charge in [0.25, 0.3) is 5.91 Å². The fraction of sp³-hybridized carbons (Fsp3) is 0.182. The summed E-state index contributed by atoms with van der Waals surface area (Å²) in [4.78, 5) is 15.8. The van der Waals surface area contributed by atoms with Crippen LogP contribution in [-0.2, 0) is 0 Å². The Labute approximate surface area is 97.6 Å². The van der Waals surface area contributed by atoms with E-state index in [2.05, 4.69) is 15.5 Å². The molecule has 0 radical (unpaired) electrons. The number of hydrogen-bond donors (Lipinski definition) is 1. The molecule has 1 amide bonds. The average molecular weight is 233 g/mol. The number of aryl methyl sites for hydroxylation is 1. The van der Waals surface area contributed by atoms with E-state index >= 15 is 0 Å². The zero-order valence-corrected chi connectivity index (χ0v) is 9.43. The molecule has 2 heterocycles. The van der Waals surface area contributed by atoms with Crippen molar-refractivity contribution in [2.24, 2.45) is 0 Å². The number of methoxy groups -OCH3 is 1. The molecule has 0 saturated carbocycles. The van der Waals surface area contributed by atoms with E-state index in [1.165, 1.54) is 19.5 Å². The maximum Gasteiger partial charge on any atom is 0.260 e. The normalized spacial score (nSPS) is 10.0. The van der Waals surface area contributed by atoms with Crippen molar-refractivity contribution in [3.63, 3.8) is 0 Å². The molecule has 0 aliphatic heterocycles. The van der Waals surface area contributed by atoms with Gasteiger partial charge in [-0.15, -0.1) is 0 Å². The zero-order valence-electron chi connectivity index (χ0n) is 9.43. The van der Waals surface area contributed by atoms with Crippen molar-refractivity contribution in [2.45, 2.75) is 6.92 Å². The molecule has 2 aromatic heterocycles. The van der Waals surface area contributed by atoms with Gasteiger partial charge in [-0.1, -0.05) is 5.16 Å². The Morgan fingerprint density at radius 1 is 1.41 bits per heavy atom. The van der Waals surface area contributed by atoms with Gasteiger partial charge in [0, 0.05) is 6.07 Å². The van der Waals surface area contributed by atoms with Crippen LogP contribution in [0.15, 0.2) is 29.0 Å². The van der Waals surface area contributed by atoms with Crippen LogP contribution >= 0.6 is 0 Å². The van der Waals surface area contributed by atoms with Crippen LogP contribution in [0.5, 0.6) is 5.88 Å². The van der Waals surface area contributed by atoms with Gasteiger partial charge in [0.1, 0.15) is 11.3 Å². The van der Waals surface area contributed by atoms with Crippen LogP contribution in [0, 0.1) is 6.92 Å². The molecule has 88 valence electrons. The molecule has 6 heteroatoms. The first-order valence-electron chi connectivity index (χ1n) is 4.93. The minimum absolute atomic E-state index is 0.282. The second-order valence-electron chi connectivity index (χ2n) is 3.34. The lowest BCUT2D eigenvalue weighted by atomic mass is 10.2. The van der Waals surface area contributed by atoms with E-state index in [9.17, 15) is 4.79 Å². The third kappa shape index (κ3) is 2.41. The lowest BCUT2D eigenvalue weighted by Crippen LogP contribution is -2.12. The van der Waals surface area contributed by atoms with Crippen LogP contribution in [-0.4, -0.2) is 23.2 Å². The molecule has 0 unspecified atom stereocenters. The number of anilines is 1. The van der Waals surface area contributed by atoms with Crippen LogP contribution in [0.1, 0.15) is 16.1 Å². The minimum atomic E-state index is -0.282. The molecule has 0 fully saturated rings. The van der Waals surface area contributed by atoms with Crippen LogP contribution < -0.4 is 10.1 Å². The first-order valence-corrected chi connectivity index (χ1v) is 4.93. The van der Waals surface area contributed by atoms with E-state index < -0.39 is 0 Å². The van der Waals surface area contributed by atoms with Crippen molar-refractivity contribution in [3.8, 4) is 5.88 Å². The minimum Gasteiger partial charge on any atom is -0.481 e. The van der Waals surface area contributed by atoms with E-state index in [0.29, 0.717) is 22.9 Å². The molecular formula is C11H11N3O3. The summed E-state index contributed by atoms with van der Waals surface area (Å²) in [5, 5.41) is 6.22. The number of carbonyl (C=O) groups excluding carboxylic acids is 1. The average Bonchev–Trinajstić information content (AvgIpc) is 2.76. The Hall–Kier alpha value is -2.37. The summed E-state index contributed by atoms with van der Waals surface area (Å²) in [5.41, 5.74) is 0.984. The van der Waals surface area contributed by atoms with Gasteiger partial charge >= 0.3 is 0 Å². The molecule has 0 aromatic carbocycles. The SMILES string of the molecule is COc1ccc(NC(=O)c2cnoc2C)cn1. The summed E-state index contributed by atoms with van der Waals surface area (Å²) in [6.45, 7) is 1.67. The number of aromatic nitrogens is 2. The summed E-state index contributed by atoms with van der Waals surface area (Å²) >= 11 is 0. The zero-order chi connectivity index (χ0) is 12.3. The van der Waals surface area contributed by atoms with Crippen molar-refractivity contribution in [3.05, 3.63) is 35.9 Å². The van der Waals surface area contributed by atoms with E-state index in [4.69, 9.17) is 9.26 Å². The van der Waals surface area contributed by atoms with Crippen molar-refractivity contribution in [2.75, 3.05) is 12.4 Å². The van der Waals surface area contributed by atoms with E-state index in [1.807, 2.05) is 0 Å². The molecule has 0 aliphatic rings. The van der Waals surface area contributed by atoms with Gasteiger partial charge < -0.3 is 14.6 Å². The Bertz CT molecular complexity index is 519. The first kappa shape index (κ1) is 11.1. The standard InChI is InChI=1S/C11H11N3O3/c1-7-9(6-13-17-7)11(15)14-8-3-4-10(16-2)12-5-8/h3-6H,1-2H3,(H,14,15). The van der Waals surface area contributed by atoms with Gasteiger partial charge in [-0.3, -0.25) is 4.79 Å². The van der Waals surface area contributed by atoms with E-state index in [-0.39, 0.29) is 5.91 Å². The molecule has 6 nitrogen and oxygen atoms in total. The topological polar surface area (TPSA) is 77.2 Å². The second kappa shape index (κ2) is 4.65. The molecule has 0 aliphatic carbocycles. The number of nitrogens with zero attached hydrogens (tertiary/aromatic N) is 2. The lowest BCUT2D eigenvalue weighted by Gasteiger charge is -2.04. The number of ether oxygens (including phenoxy) is 1. The van der Waals surface area contributed by atoms with Gasteiger partial charge in [0.05, 0.1) is 25.2 Å². The number of carbonyl (C=O) groups is 1. The number of rotatable bonds is 3. The van der Waals surface area contributed by atoms with Crippen LogP contribution in [0.3, 0.4) is 0 Å². The molecule has 0 bridgehead atoms. The predicted octanol–water partition coefficient (Wildman–Crippen LogP) is 1.64. The van der Waals surface area contributed by atoms with Gasteiger partial charge in [-0.2, -0.15) is 0 Å². The number of pyridine rings is 1. The van der Waals surface area contributed by atoms with Crippen molar-refractivity contribution < 1.29 is 14.1 Å². The number of hydrogen-bond acceptors (Lipinski definition) is 5. The largest absolute Gasteiger partial charge is 0.481 e. The van der Waals surface area contributed by atoms with Crippen LogP contribution in [0.2, 0.25) is 0 Å². The second-order valence-corrected chi connectivity index (χ2v) is 3.34. The first-order chi connectivity index (χ1) is 8.20. The summed E-state index contributed by atoms with van der Waals surface area (Å²) in [7, 11) is 1.53. The quantitative estimate of drug-likeness (QED) is 0.871. The van der Waals surface area contributed by atoms with E-state index in [0.717, 1.165) is 0 Å².